The molecule has 0 amide bonds. The Balaban J connectivity index is 2.17. The van der Waals surface area contributed by atoms with Gasteiger partial charge in [-0.25, -0.2) is 4.98 Å². The maximum absolute atomic E-state index is 10.5. The normalized spacial score (nSPS) is 16.0. The van der Waals surface area contributed by atoms with E-state index in [-0.39, 0.29) is 0 Å². The third-order valence-electron chi connectivity index (χ3n) is 4.71. The van der Waals surface area contributed by atoms with Gasteiger partial charge in [0.2, 0.25) is 0 Å². The lowest BCUT2D eigenvalue weighted by Crippen LogP contribution is -2.26. The fourth-order valence-electron chi connectivity index (χ4n) is 2.98. The molecule has 1 aromatic heterocycles. The van der Waals surface area contributed by atoms with Crippen molar-refractivity contribution in [2.24, 2.45) is 11.8 Å². The number of hydrogen-bond donors (Lipinski definition) is 1. The van der Waals surface area contributed by atoms with Gasteiger partial charge in [-0.3, -0.25) is 0 Å². The lowest BCUT2D eigenvalue weighted by molar-refractivity contribution is 0.0339. The molecule has 0 aliphatic rings. The SMILES string of the molecule is Cc1nccn1CCC(C)(O)CCCC(C)CCCC(C)C. The Bertz CT molecular complexity index is 409. The summed E-state index contributed by atoms with van der Waals surface area (Å²) in [4.78, 5) is 4.22. The van der Waals surface area contributed by atoms with Crippen LogP contribution in [0.15, 0.2) is 12.4 Å². The summed E-state index contributed by atoms with van der Waals surface area (Å²) >= 11 is 0. The first-order valence-corrected chi connectivity index (χ1v) is 9.00. The van der Waals surface area contributed by atoms with Crippen molar-refractivity contribution in [3.05, 3.63) is 18.2 Å². The number of aromatic nitrogens is 2. The summed E-state index contributed by atoms with van der Waals surface area (Å²) in [5, 5.41) is 10.5. The summed E-state index contributed by atoms with van der Waals surface area (Å²) < 4.78 is 2.11. The lowest BCUT2D eigenvalue weighted by atomic mass is 9.90. The van der Waals surface area contributed by atoms with Crippen LogP contribution in [0.2, 0.25) is 0 Å². The van der Waals surface area contributed by atoms with Crippen molar-refractivity contribution >= 4 is 0 Å². The van der Waals surface area contributed by atoms with Crippen LogP contribution in [0.3, 0.4) is 0 Å². The van der Waals surface area contributed by atoms with E-state index in [4.69, 9.17) is 0 Å². The number of imidazole rings is 1. The molecule has 1 heterocycles. The monoisotopic (exact) mass is 308 g/mol. The van der Waals surface area contributed by atoms with Gasteiger partial charge in [-0.2, -0.15) is 0 Å². The number of rotatable bonds is 11. The van der Waals surface area contributed by atoms with Crippen molar-refractivity contribution in [1.29, 1.82) is 0 Å². The highest BCUT2D eigenvalue weighted by molar-refractivity contribution is 4.89. The van der Waals surface area contributed by atoms with Gasteiger partial charge in [-0.05, 0) is 38.5 Å². The molecule has 0 bridgehead atoms. The van der Waals surface area contributed by atoms with Crippen LogP contribution in [0.4, 0.5) is 0 Å². The standard InChI is InChI=1S/C19H36N2O/c1-16(2)8-6-9-17(3)10-7-11-19(5,22)12-14-21-15-13-20-18(21)4/h13,15-17,22H,6-12,14H2,1-5H3. The lowest BCUT2D eigenvalue weighted by Gasteiger charge is -2.24. The van der Waals surface area contributed by atoms with Crippen LogP contribution in [-0.2, 0) is 6.54 Å². The third kappa shape index (κ3) is 7.98. The van der Waals surface area contributed by atoms with Gasteiger partial charge in [-0.1, -0.05) is 52.9 Å². The molecule has 0 fully saturated rings. The van der Waals surface area contributed by atoms with E-state index in [1.807, 2.05) is 26.2 Å². The zero-order valence-electron chi connectivity index (χ0n) is 15.3. The molecular weight excluding hydrogens is 272 g/mol. The third-order valence-corrected chi connectivity index (χ3v) is 4.71. The van der Waals surface area contributed by atoms with Gasteiger partial charge < -0.3 is 9.67 Å². The molecule has 0 saturated heterocycles. The Morgan fingerprint density at radius 2 is 1.82 bits per heavy atom. The van der Waals surface area contributed by atoms with Gasteiger partial charge in [0.25, 0.3) is 0 Å². The van der Waals surface area contributed by atoms with Gasteiger partial charge in [0.15, 0.2) is 0 Å². The molecule has 0 aliphatic heterocycles. The first-order valence-electron chi connectivity index (χ1n) is 9.00. The number of aryl methyl sites for hydroxylation is 2. The quantitative estimate of drug-likeness (QED) is 0.627. The molecule has 128 valence electrons. The van der Waals surface area contributed by atoms with Crippen molar-refractivity contribution in [2.75, 3.05) is 0 Å². The van der Waals surface area contributed by atoms with Crippen LogP contribution in [0.5, 0.6) is 0 Å². The summed E-state index contributed by atoms with van der Waals surface area (Å²) in [7, 11) is 0. The largest absolute Gasteiger partial charge is 0.390 e. The van der Waals surface area contributed by atoms with Crippen LogP contribution >= 0.6 is 0 Å². The van der Waals surface area contributed by atoms with Gasteiger partial charge in [0.05, 0.1) is 5.60 Å². The summed E-state index contributed by atoms with van der Waals surface area (Å²) in [6.45, 7) is 11.8. The van der Waals surface area contributed by atoms with Crippen LogP contribution in [0, 0.1) is 18.8 Å². The number of nitrogens with zero attached hydrogens (tertiary/aromatic N) is 2. The fraction of sp³-hybridized carbons (Fsp3) is 0.842. The Labute approximate surface area is 137 Å². The van der Waals surface area contributed by atoms with Crippen LogP contribution in [0.1, 0.15) is 78.5 Å². The van der Waals surface area contributed by atoms with Gasteiger partial charge in [0, 0.05) is 18.9 Å². The van der Waals surface area contributed by atoms with Gasteiger partial charge in [-0.15, -0.1) is 0 Å². The molecule has 1 N–H and O–H groups in total. The average molecular weight is 309 g/mol. The van der Waals surface area contributed by atoms with Gasteiger partial charge >= 0.3 is 0 Å². The Morgan fingerprint density at radius 1 is 1.14 bits per heavy atom. The molecule has 0 radical (unpaired) electrons. The maximum atomic E-state index is 10.5. The Kier molecular flexibility index (Phi) is 8.16. The van der Waals surface area contributed by atoms with E-state index in [2.05, 4.69) is 30.3 Å². The van der Waals surface area contributed by atoms with E-state index in [0.29, 0.717) is 0 Å². The molecular formula is C19H36N2O. The Hall–Kier alpha value is -0.830. The van der Waals surface area contributed by atoms with Crippen molar-refractivity contribution in [2.45, 2.75) is 91.7 Å². The first-order chi connectivity index (χ1) is 10.3. The van der Waals surface area contributed by atoms with Crippen LogP contribution in [-0.4, -0.2) is 20.3 Å². The molecule has 0 aliphatic carbocycles. The molecule has 0 saturated carbocycles. The van der Waals surface area contributed by atoms with Gasteiger partial charge in [0.1, 0.15) is 5.82 Å². The second-order valence-electron chi connectivity index (χ2n) is 7.74. The molecule has 22 heavy (non-hydrogen) atoms. The van der Waals surface area contributed by atoms with E-state index in [1.54, 1.807) is 0 Å². The topological polar surface area (TPSA) is 38.0 Å². The minimum atomic E-state index is -0.561. The minimum absolute atomic E-state index is 0.561. The average Bonchev–Trinajstić information content (AvgIpc) is 2.81. The maximum Gasteiger partial charge on any atom is 0.105 e. The smallest absolute Gasteiger partial charge is 0.105 e. The van der Waals surface area contributed by atoms with Crippen molar-refractivity contribution < 1.29 is 5.11 Å². The first kappa shape index (κ1) is 19.2. The summed E-state index contributed by atoms with van der Waals surface area (Å²) in [5.41, 5.74) is -0.561. The Morgan fingerprint density at radius 3 is 2.41 bits per heavy atom. The second kappa shape index (κ2) is 9.34. The molecule has 2 unspecified atom stereocenters. The van der Waals surface area contributed by atoms with Crippen molar-refractivity contribution in [3.8, 4) is 0 Å². The zero-order chi connectivity index (χ0) is 16.6. The molecule has 3 nitrogen and oxygen atoms in total. The van der Waals surface area contributed by atoms with Crippen LogP contribution < -0.4 is 0 Å². The second-order valence-corrected chi connectivity index (χ2v) is 7.74. The molecule has 1 rings (SSSR count). The summed E-state index contributed by atoms with van der Waals surface area (Å²) in [5.74, 6) is 2.62. The van der Waals surface area contributed by atoms with Crippen molar-refractivity contribution in [3.63, 3.8) is 0 Å². The molecule has 3 heteroatoms. The minimum Gasteiger partial charge on any atom is -0.390 e. The number of hydrogen-bond acceptors (Lipinski definition) is 2. The van der Waals surface area contributed by atoms with Crippen LogP contribution in [0.25, 0.3) is 0 Å². The molecule has 1 aromatic rings. The summed E-state index contributed by atoms with van der Waals surface area (Å²) in [6, 6.07) is 0. The predicted molar refractivity (Wildman–Crippen MR) is 93.9 cm³/mol. The fourth-order valence-corrected chi connectivity index (χ4v) is 2.98. The van der Waals surface area contributed by atoms with Crippen molar-refractivity contribution in [1.82, 2.24) is 9.55 Å². The highest BCUT2D eigenvalue weighted by atomic mass is 16.3. The van der Waals surface area contributed by atoms with E-state index in [9.17, 15) is 5.11 Å². The summed E-state index contributed by atoms with van der Waals surface area (Å²) in [6.07, 6.45) is 11.9. The van der Waals surface area contributed by atoms with E-state index in [0.717, 1.165) is 43.5 Å². The highest BCUT2D eigenvalue weighted by Gasteiger charge is 2.20. The predicted octanol–water partition coefficient (Wildman–Crippen LogP) is 4.97. The molecule has 2 atom stereocenters. The van der Waals surface area contributed by atoms with E-state index in [1.165, 1.54) is 25.7 Å². The zero-order valence-corrected chi connectivity index (χ0v) is 15.3. The molecule has 0 spiro atoms. The van der Waals surface area contributed by atoms with E-state index >= 15 is 0 Å². The molecule has 0 aromatic carbocycles. The number of aliphatic hydroxyl groups is 1. The van der Waals surface area contributed by atoms with E-state index < -0.39 is 5.60 Å². The highest BCUT2D eigenvalue weighted by Crippen LogP contribution is 2.23.